The molecule has 1 heterocycles. The van der Waals surface area contributed by atoms with Crippen LogP contribution in [0.3, 0.4) is 0 Å². The maximum absolute atomic E-state index is 4.26. The number of halogens is 2. The molecular weight excluding hydrogens is 380 g/mol. The Labute approximate surface area is 89.3 Å². The average Bonchev–Trinajstić information content (AvgIpc) is 2.17. The van der Waals surface area contributed by atoms with Crippen molar-refractivity contribution in [2.75, 3.05) is 3.76 Å². The average molecular weight is 383 g/mol. The third kappa shape index (κ3) is 2.89. The van der Waals surface area contributed by atoms with E-state index in [9.17, 15) is 0 Å². The smallest absolute Gasteiger partial charge is 0.151 e. The van der Waals surface area contributed by atoms with Gasteiger partial charge in [-0.1, -0.05) is 34.4 Å². The van der Waals surface area contributed by atoms with E-state index in [1.54, 1.807) is 23.1 Å². The maximum atomic E-state index is 4.26. The van der Waals surface area contributed by atoms with Crippen molar-refractivity contribution in [3.63, 3.8) is 0 Å². The molecule has 0 N–H and O–H groups in total. The Bertz CT molecular complexity index is 188. The highest BCUT2D eigenvalue weighted by Crippen LogP contribution is 2.24. The Hall–Kier alpha value is 1.44. The normalized spacial score (nSPS) is 10.0. The molecule has 0 aliphatic rings. The van der Waals surface area contributed by atoms with Gasteiger partial charge in [-0.25, -0.2) is 4.98 Å². The zero-order valence-corrected chi connectivity index (χ0v) is 10.3. The number of rotatable bonds is 2. The Kier molecular flexibility index (Phi) is 4.12. The van der Waals surface area contributed by atoms with Crippen LogP contribution < -0.4 is 0 Å². The highest BCUT2D eigenvalue weighted by molar-refractivity contribution is 14.1. The van der Waals surface area contributed by atoms with Gasteiger partial charge in [-0.05, 0) is 22.6 Å². The minimum absolute atomic E-state index is 1.08. The van der Waals surface area contributed by atoms with Gasteiger partial charge in [0.25, 0.3) is 0 Å². The van der Waals surface area contributed by atoms with E-state index in [1.165, 1.54) is 4.34 Å². The Morgan fingerprint density at radius 1 is 1.78 bits per heavy atom. The zero-order valence-electron chi connectivity index (χ0n) is 4.30. The van der Waals surface area contributed by atoms with Gasteiger partial charge in [0.15, 0.2) is 4.34 Å². The molecule has 1 aromatic heterocycles. The summed E-state index contributed by atoms with van der Waals surface area (Å²) in [7, 11) is 0. The molecule has 0 radical (unpaired) electrons. The van der Waals surface area contributed by atoms with Crippen molar-refractivity contribution >= 4 is 68.3 Å². The standard InChI is InChI=1S/C4H3I2NS2/c5-2-9-4-7-3(6)1-8-4/h1H,2H2. The van der Waals surface area contributed by atoms with E-state index in [-0.39, 0.29) is 0 Å². The fraction of sp³-hybridized carbons (Fsp3) is 0.250. The molecule has 1 rings (SSSR count). The Morgan fingerprint density at radius 2 is 2.56 bits per heavy atom. The molecule has 0 atom stereocenters. The highest BCUT2D eigenvalue weighted by Gasteiger charge is 1.96. The van der Waals surface area contributed by atoms with Crippen LogP contribution in [-0.4, -0.2) is 8.74 Å². The van der Waals surface area contributed by atoms with Gasteiger partial charge < -0.3 is 0 Å². The van der Waals surface area contributed by atoms with Gasteiger partial charge in [0.1, 0.15) is 3.70 Å². The van der Waals surface area contributed by atoms with Gasteiger partial charge in [0.2, 0.25) is 0 Å². The van der Waals surface area contributed by atoms with Crippen molar-refractivity contribution in [2.24, 2.45) is 0 Å². The second-order valence-corrected chi connectivity index (χ2v) is 6.17. The van der Waals surface area contributed by atoms with Crippen molar-refractivity contribution in [3.05, 3.63) is 9.08 Å². The molecule has 0 bridgehead atoms. The molecule has 0 saturated heterocycles. The lowest BCUT2D eigenvalue weighted by atomic mass is 11.0. The SMILES string of the molecule is ICSc1nc(I)cs1. The van der Waals surface area contributed by atoms with Gasteiger partial charge >= 0.3 is 0 Å². The summed E-state index contributed by atoms with van der Waals surface area (Å²) in [6, 6.07) is 0. The lowest BCUT2D eigenvalue weighted by Crippen LogP contribution is -1.68. The van der Waals surface area contributed by atoms with Crippen molar-refractivity contribution in [1.82, 2.24) is 4.98 Å². The minimum atomic E-state index is 1.08. The van der Waals surface area contributed by atoms with Crippen LogP contribution in [0.5, 0.6) is 0 Å². The first kappa shape index (κ1) is 8.54. The van der Waals surface area contributed by atoms with E-state index in [2.05, 4.69) is 55.5 Å². The van der Waals surface area contributed by atoms with Crippen LogP contribution in [0.1, 0.15) is 0 Å². The fourth-order valence-corrected chi connectivity index (χ4v) is 4.07. The van der Waals surface area contributed by atoms with Crippen LogP contribution in [-0.2, 0) is 0 Å². The number of nitrogens with zero attached hydrogens (tertiary/aromatic N) is 1. The molecule has 0 aliphatic heterocycles. The maximum Gasteiger partial charge on any atom is 0.151 e. The summed E-state index contributed by atoms with van der Waals surface area (Å²) >= 11 is 8.05. The molecule has 5 heteroatoms. The van der Waals surface area contributed by atoms with Crippen molar-refractivity contribution in [2.45, 2.75) is 4.34 Å². The second-order valence-electron chi connectivity index (χ2n) is 1.19. The third-order valence-electron chi connectivity index (χ3n) is 0.633. The Morgan fingerprint density at radius 3 is 3.00 bits per heavy atom. The fourth-order valence-electron chi connectivity index (χ4n) is 0.352. The minimum Gasteiger partial charge on any atom is -0.224 e. The molecule has 0 aliphatic carbocycles. The second kappa shape index (κ2) is 4.35. The van der Waals surface area contributed by atoms with E-state index in [0.717, 1.165) is 7.46 Å². The molecule has 50 valence electrons. The zero-order chi connectivity index (χ0) is 6.69. The van der Waals surface area contributed by atoms with Crippen LogP contribution in [0.4, 0.5) is 0 Å². The lowest BCUT2D eigenvalue weighted by Gasteiger charge is -1.83. The first-order chi connectivity index (χ1) is 4.33. The quantitative estimate of drug-likeness (QED) is 0.442. The van der Waals surface area contributed by atoms with E-state index in [1.807, 2.05) is 0 Å². The molecule has 0 aromatic carbocycles. The third-order valence-corrected chi connectivity index (χ3v) is 4.27. The Balaban J connectivity index is 2.61. The predicted octanol–water partition coefficient (Wildman–Crippen LogP) is 3.23. The number of thiazole rings is 1. The van der Waals surface area contributed by atoms with Crippen LogP contribution >= 0.6 is 68.3 Å². The largest absolute Gasteiger partial charge is 0.224 e. The van der Waals surface area contributed by atoms with Gasteiger partial charge in [0.05, 0.1) is 3.76 Å². The molecule has 0 saturated carbocycles. The predicted molar refractivity (Wildman–Crippen MR) is 59.6 cm³/mol. The van der Waals surface area contributed by atoms with Crippen LogP contribution in [0.25, 0.3) is 0 Å². The van der Waals surface area contributed by atoms with E-state index in [4.69, 9.17) is 0 Å². The first-order valence-electron chi connectivity index (χ1n) is 2.12. The molecule has 1 nitrogen and oxygen atoms in total. The van der Waals surface area contributed by atoms with Crippen molar-refractivity contribution in [1.29, 1.82) is 0 Å². The van der Waals surface area contributed by atoms with Crippen LogP contribution in [0.2, 0.25) is 0 Å². The van der Waals surface area contributed by atoms with Crippen molar-refractivity contribution in [3.8, 4) is 0 Å². The number of aromatic nitrogens is 1. The van der Waals surface area contributed by atoms with Gasteiger partial charge in [-0.2, -0.15) is 0 Å². The number of hydrogen-bond acceptors (Lipinski definition) is 3. The van der Waals surface area contributed by atoms with Gasteiger partial charge in [-0.3, -0.25) is 0 Å². The topological polar surface area (TPSA) is 12.9 Å². The van der Waals surface area contributed by atoms with Crippen LogP contribution in [0.15, 0.2) is 9.72 Å². The molecule has 9 heavy (non-hydrogen) atoms. The monoisotopic (exact) mass is 383 g/mol. The molecule has 0 spiro atoms. The lowest BCUT2D eigenvalue weighted by molar-refractivity contribution is 1.21. The molecule has 1 aromatic rings. The van der Waals surface area contributed by atoms with Crippen LogP contribution in [0, 0.1) is 3.70 Å². The summed E-state index contributed by atoms with van der Waals surface area (Å²) in [4.78, 5) is 4.26. The summed E-state index contributed by atoms with van der Waals surface area (Å²) in [6.45, 7) is 0. The van der Waals surface area contributed by atoms with Gasteiger partial charge in [-0.15, -0.1) is 11.3 Å². The summed E-state index contributed by atoms with van der Waals surface area (Å²) in [5.41, 5.74) is 0. The first-order valence-corrected chi connectivity index (χ1v) is 6.59. The molecule has 0 unspecified atom stereocenters. The van der Waals surface area contributed by atoms with Gasteiger partial charge in [0, 0.05) is 5.38 Å². The number of hydrogen-bond donors (Lipinski definition) is 0. The molecule has 0 fully saturated rings. The summed E-state index contributed by atoms with van der Waals surface area (Å²) in [5.74, 6) is 0. The van der Waals surface area contributed by atoms with E-state index >= 15 is 0 Å². The van der Waals surface area contributed by atoms with E-state index < -0.39 is 0 Å². The summed E-state index contributed by atoms with van der Waals surface area (Å²) < 4.78 is 3.36. The molecular formula is C4H3I2NS2. The summed E-state index contributed by atoms with van der Waals surface area (Å²) in [6.07, 6.45) is 0. The molecule has 0 amide bonds. The summed E-state index contributed by atoms with van der Waals surface area (Å²) in [5, 5.41) is 2.06. The highest BCUT2D eigenvalue weighted by atomic mass is 127. The van der Waals surface area contributed by atoms with Crippen molar-refractivity contribution < 1.29 is 0 Å². The number of thioether (sulfide) groups is 1. The number of alkyl halides is 1. The van der Waals surface area contributed by atoms with E-state index in [0.29, 0.717) is 0 Å².